The number of aromatic nitrogens is 20. The second-order valence-electron chi connectivity index (χ2n) is 35.9. The largest absolute Gasteiger partial charge is 0.453 e. The van der Waals surface area contributed by atoms with Crippen LogP contribution in [0.1, 0.15) is 130 Å². The summed E-state index contributed by atoms with van der Waals surface area (Å²) in [6, 6.07) is 34.6. The summed E-state index contributed by atoms with van der Waals surface area (Å²) < 4.78 is 136. The Morgan fingerprint density at radius 3 is 0.986 bits per heavy atom. The van der Waals surface area contributed by atoms with Crippen LogP contribution in [0.25, 0.3) is 113 Å². The van der Waals surface area contributed by atoms with Crippen molar-refractivity contribution < 1.29 is 68.5 Å². The number of piperidine rings is 4. The number of nitrogens with one attached hydrogen (secondary N) is 9. The van der Waals surface area contributed by atoms with Crippen LogP contribution in [-0.4, -0.2) is 203 Å². The third-order valence-electron chi connectivity index (χ3n) is 26.4. The number of halogens is 13. The van der Waals surface area contributed by atoms with Gasteiger partial charge in [-0.05, 0) is 278 Å². The van der Waals surface area contributed by atoms with E-state index in [4.69, 9.17) is 9.47 Å². The molecule has 20 rings (SSSR count). The van der Waals surface area contributed by atoms with Gasteiger partial charge in [0.15, 0.2) is 6.29 Å². The molecule has 4 saturated heterocycles. The molecule has 47 heteroatoms. The molecular formula is C98H97Br4F9N24O10. The first-order valence-electron chi connectivity index (χ1n) is 46.9. The third kappa shape index (κ3) is 24.2. The number of carbonyl (C=O) groups is 3. The number of rotatable bonds is 21. The van der Waals surface area contributed by atoms with Gasteiger partial charge in [-0.2, -0.15) is 58.2 Å². The molecule has 0 radical (unpaired) electrons. The molecule has 0 bridgehead atoms. The molecule has 4 aliphatic rings. The predicted molar refractivity (Wildman–Crippen MR) is 536 cm³/mol. The number of aromatic amines is 8. The van der Waals surface area contributed by atoms with E-state index in [9.17, 15) is 78.2 Å². The fraction of sp³-hybridized carbons (Fsp3) is 0.357. The number of methoxy groups -OCH3 is 1. The standard InChI is InChI=1S/C25H24BrF3N6O3.C25H24BrF3N6O2.C25H27BrN6O4.C23H22BrF3N6O/c1-38-24(37)34-10-8-14(9-11-34)2-5-17-21(19-6-3-15(13-30-19)25(27,28)29)33-35(22(17)36)23-31-18-7-4-16(26)12-20(18)32-23;1-14(36)34-10-8-15(9-11-34)2-5-18-22(20-6-3-16(13-30-20)25(27,28)29)33-35(23(18)37)24-31-19-7-4-17(26)12-21(19)32-24;1-15(33)36-25(35)31-12-10-16(11-13-31)6-8-18-22(21-9-7-17(26)14-27-21)30-32(23(18)34)24-28-19-4-2-3-5-20(19)29-24;24-15-3-6-17-19(11-15)31-22(30-17)33-21(34)16(4-1-13-7-9-28-10-8-13)20(32-33)18-5-2-14(12-29-18)23(25,26)27/h3-4,6-7,12-14,33H,2,5,8-11H2,1H3,(H,31,32);3-4,6-7,12-13,15,33H,2,5,8-11H2,1H3,(H,31,32);2-5,7,9,14-16,30,33H,6,8,10-13H2,1H3,(H,28,29);2-3,5-6,11-13,28,32H,1,4,7-10H2,(H,30,31). The number of ether oxygens (including phenoxy) is 2. The average Bonchev–Trinajstić information content (AvgIpc) is 1.66. The maximum Gasteiger partial charge on any atom is 0.417 e. The van der Waals surface area contributed by atoms with E-state index in [1.54, 1.807) is 35.1 Å². The molecule has 4 fully saturated rings. The van der Waals surface area contributed by atoms with Crippen LogP contribution in [0.2, 0.25) is 0 Å². The number of aliphatic hydroxyl groups is 1. The van der Waals surface area contributed by atoms with E-state index < -0.39 is 47.6 Å². The number of para-hydroxylation sites is 2. The first-order chi connectivity index (χ1) is 69.4. The van der Waals surface area contributed by atoms with E-state index in [-0.39, 0.29) is 69.1 Å². The number of likely N-dealkylation sites (tertiary alicyclic amines) is 3. The number of hydrogen-bond donors (Lipinski definition) is 10. The lowest BCUT2D eigenvalue weighted by Crippen LogP contribution is -2.40. The number of aliphatic hydroxyl groups excluding tert-OH is 1. The Bertz CT molecular complexity index is 7540. The number of nitrogens with zero attached hydrogens (tertiary/aromatic N) is 15. The Balaban J connectivity index is 0.000000133. The highest BCUT2D eigenvalue weighted by molar-refractivity contribution is 9.11. The Morgan fingerprint density at radius 1 is 0.393 bits per heavy atom. The lowest BCUT2D eigenvalue weighted by atomic mass is 9.90. The summed E-state index contributed by atoms with van der Waals surface area (Å²) in [5, 5.41) is 24.9. The number of amides is 3. The monoisotopic (exact) mass is 2260 g/mol. The van der Waals surface area contributed by atoms with Crippen molar-refractivity contribution >= 4 is 126 Å². The Kier molecular flexibility index (Phi) is 31.5. The molecular weight excluding hydrogens is 2160 g/mol. The molecule has 16 heterocycles. The van der Waals surface area contributed by atoms with Crippen molar-refractivity contribution in [1.82, 2.24) is 119 Å². The van der Waals surface area contributed by atoms with Gasteiger partial charge < -0.3 is 54.5 Å². The maximum atomic E-state index is 13.6. The number of imidazole rings is 4. The molecule has 145 heavy (non-hydrogen) atoms. The van der Waals surface area contributed by atoms with Gasteiger partial charge in [0, 0.05) is 111 Å². The summed E-state index contributed by atoms with van der Waals surface area (Å²) in [5.74, 6) is 2.77. The van der Waals surface area contributed by atoms with E-state index in [1.807, 2.05) is 83.8 Å². The van der Waals surface area contributed by atoms with Gasteiger partial charge in [0.05, 0.1) is 113 Å². The summed E-state index contributed by atoms with van der Waals surface area (Å²) in [7, 11) is 1.35. The SMILES string of the molecule is CC(=O)N1CCC(CCc2c(-c3ccc(C(F)(F)F)cn3)[nH]n(-c3nc4ccc(Br)cc4[nH]3)c2=O)CC1.CC(O)OC(=O)N1CCC(CCc2c(-c3ccc(Br)cn3)[nH]n(-c3nc4ccccc4[nH]3)c2=O)CC1.COC(=O)N1CCC(CCc2c(-c3ccc(C(F)(F)F)cn3)[nH]n(-c3nc4ccc(Br)cc4[nH]3)c2=O)CC1.O=c1c(CCC2CCNCC2)c(-c2ccc(C(F)(F)F)cn2)[nH]n1-c1nc2ccc(Br)cc2[nH]1. The number of benzene rings is 4. The molecule has 34 nitrogen and oxygen atoms in total. The van der Waals surface area contributed by atoms with Crippen molar-refractivity contribution in [2.75, 3.05) is 59.5 Å². The van der Waals surface area contributed by atoms with Crippen molar-refractivity contribution in [3.8, 4) is 69.3 Å². The van der Waals surface area contributed by atoms with E-state index in [0.717, 1.165) is 154 Å². The lowest BCUT2D eigenvalue weighted by Gasteiger charge is -2.31. The van der Waals surface area contributed by atoms with Crippen LogP contribution in [0.5, 0.6) is 0 Å². The van der Waals surface area contributed by atoms with Crippen molar-refractivity contribution in [3.05, 3.63) is 250 Å². The highest BCUT2D eigenvalue weighted by Crippen LogP contribution is 2.38. The number of H-pyrrole nitrogens is 8. The van der Waals surface area contributed by atoms with Gasteiger partial charge in [-0.25, -0.2) is 29.5 Å². The van der Waals surface area contributed by atoms with Crippen molar-refractivity contribution in [3.63, 3.8) is 0 Å². The predicted octanol–water partition coefficient (Wildman–Crippen LogP) is 19.2. The summed E-state index contributed by atoms with van der Waals surface area (Å²) in [5.41, 5.74) is 7.30. The number of hydrogen-bond acceptors (Lipinski definition) is 19. The molecule has 0 aliphatic carbocycles. The van der Waals surface area contributed by atoms with E-state index in [1.165, 1.54) is 51.0 Å². The zero-order valence-electron chi connectivity index (χ0n) is 78.0. The molecule has 760 valence electrons. The quantitative estimate of drug-likeness (QED) is 0.0236. The van der Waals surface area contributed by atoms with Crippen LogP contribution in [-0.2, 0) is 58.5 Å². The fourth-order valence-electron chi connectivity index (χ4n) is 18.4. The number of fused-ring (bicyclic) bond motifs is 4. The third-order valence-corrected chi connectivity index (χ3v) is 28.4. The van der Waals surface area contributed by atoms with Crippen molar-refractivity contribution in [1.29, 1.82) is 0 Å². The van der Waals surface area contributed by atoms with Crippen LogP contribution in [0.3, 0.4) is 0 Å². The highest BCUT2D eigenvalue weighted by Gasteiger charge is 2.37. The molecule has 1 unspecified atom stereocenters. The lowest BCUT2D eigenvalue weighted by molar-refractivity contribution is -0.138. The maximum absolute atomic E-state index is 13.6. The minimum atomic E-state index is -4.52. The van der Waals surface area contributed by atoms with E-state index in [2.05, 4.69) is 149 Å². The summed E-state index contributed by atoms with van der Waals surface area (Å²) in [6.45, 7) is 8.49. The average molecular weight is 2260 g/mol. The molecule has 12 aromatic heterocycles. The van der Waals surface area contributed by atoms with Crippen LogP contribution in [0, 0.1) is 23.7 Å². The zero-order chi connectivity index (χ0) is 102. The van der Waals surface area contributed by atoms with E-state index in [0.29, 0.717) is 180 Å². The first kappa shape index (κ1) is 103. The molecule has 4 aliphatic heterocycles. The molecule has 0 saturated carbocycles. The van der Waals surface area contributed by atoms with Crippen LogP contribution < -0.4 is 27.6 Å². The first-order valence-corrected chi connectivity index (χ1v) is 50.0. The minimum absolute atomic E-state index is 0.0560. The fourth-order valence-corrected chi connectivity index (χ4v) is 19.8. The van der Waals surface area contributed by atoms with Gasteiger partial charge in [0.25, 0.3) is 22.2 Å². The molecule has 10 N–H and O–H groups in total. The minimum Gasteiger partial charge on any atom is -0.453 e. The number of carbonyl (C=O) groups excluding carboxylic acids is 3. The second kappa shape index (κ2) is 44.3. The van der Waals surface area contributed by atoms with Crippen LogP contribution in [0.4, 0.5) is 49.1 Å². The number of alkyl halides is 9. The molecule has 4 aromatic carbocycles. The van der Waals surface area contributed by atoms with Gasteiger partial charge in [-0.3, -0.25) is 64.3 Å². The van der Waals surface area contributed by atoms with Crippen LogP contribution in [0.15, 0.2) is 189 Å². The summed E-state index contributed by atoms with van der Waals surface area (Å²) in [6.07, 6.45) is 0.289. The topological polar surface area (TPSA) is 429 Å². The normalized spacial score (nSPS) is 15.1. The van der Waals surface area contributed by atoms with Gasteiger partial charge in [0.1, 0.15) is 0 Å². The van der Waals surface area contributed by atoms with Crippen molar-refractivity contribution in [2.45, 2.75) is 141 Å². The summed E-state index contributed by atoms with van der Waals surface area (Å²) in [4.78, 5) is 142. The van der Waals surface area contributed by atoms with E-state index >= 15 is 0 Å². The van der Waals surface area contributed by atoms with Gasteiger partial charge in [-0.15, -0.1) is 0 Å². The smallest absolute Gasteiger partial charge is 0.417 e. The Morgan fingerprint density at radius 2 is 0.690 bits per heavy atom. The Labute approximate surface area is 852 Å². The van der Waals surface area contributed by atoms with Gasteiger partial charge in [-0.1, -0.05) is 59.9 Å². The second-order valence-corrected chi connectivity index (χ2v) is 39.6. The summed E-state index contributed by atoms with van der Waals surface area (Å²) >= 11 is 13.7. The number of pyridine rings is 4. The van der Waals surface area contributed by atoms with Gasteiger partial charge >= 0.3 is 30.7 Å². The van der Waals surface area contributed by atoms with Gasteiger partial charge in [0.2, 0.25) is 29.7 Å². The van der Waals surface area contributed by atoms with Crippen LogP contribution >= 0.6 is 63.7 Å². The highest BCUT2D eigenvalue weighted by atomic mass is 79.9. The zero-order valence-corrected chi connectivity index (χ0v) is 84.4. The molecule has 3 amide bonds. The molecule has 16 aromatic rings. The van der Waals surface area contributed by atoms with Crippen molar-refractivity contribution in [2.24, 2.45) is 23.7 Å². The molecule has 1 atom stereocenters. The Hall–Kier alpha value is -13.4. The molecule has 0 spiro atoms.